The van der Waals surface area contributed by atoms with Crippen LogP contribution in [0.15, 0.2) is 48.5 Å². The second-order valence-electron chi connectivity index (χ2n) is 8.17. The van der Waals surface area contributed by atoms with Crippen molar-refractivity contribution in [3.8, 4) is 5.75 Å². The van der Waals surface area contributed by atoms with Crippen LogP contribution in [0, 0.1) is 0 Å². The van der Waals surface area contributed by atoms with Gasteiger partial charge in [0.05, 0.1) is 0 Å². The Morgan fingerprint density at radius 3 is 2.48 bits per heavy atom. The molecule has 3 nitrogen and oxygen atoms in total. The molecule has 0 fully saturated rings. The second kappa shape index (κ2) is 11.6. The number of rotatable bonds is 7. The van der Waals surface area contributed by atoms with E-state index in [0.29, 0.717) is 4.71 Å². The van der Waals surface area contributed by atoms with Gasteiger partial charge in [-0.1, -0.05) is 0 Å². The van der Waals surface area contributed by atoms with Gasteiger partial charge in [-0.3, -0.25) is 0 Å². The summed E-state index contributed by atoms with van der Waals surface area (Å²) in [7, 11) is 0. The van der Waals surface area contributed by atoms with Crippen molar-refractivity contribution >= 4 is 40.6 Å². The summed E-state index contributed by atoms with van der Waals surface area (Å²) in [6.45, 7) is 6.52. The summed E-state index contributed by atoms with van der Waals surface area (Å²) >= 11 is -0.380. The molecule has 29 heavy (non-hydrogen) atoms. The monoisotopic (exact) mass is 501 g/mol. The van der Waals surface area contributed by atoms with Crippen molar-refractivity contribution in [1.29, 1.82) is 0 Å². The minimum Gasteiger partial charge on any atom is -0.147 e. The quantitative estimate of drug-likeness (QED) is 0.550. The minimum absolute atomic E-state index is 0. The molecule has 1 heterocycles. The molecule has 1 aliphatic heterocycles. The molecule has 3 N–H and O–H groups in total. The Hall–Kier alpha value is -0.702. The fourth-order valence-corrected chi connectivity index (χ4v) is 7.75. The molecule has 0 aromatic heterocycles. The molecule has 3 rings (SSSR count). The Bertz CT molecular complexity index is 758. The average molecular weight is 502 g/mol. The van der Waals surface area contributed by atoms with Crippen molar-refractivity contribution in [1.82, 2.24) is 0 Å². The van der Waals surface area contributed by atoms with E-state index in [1.54, 1.807) is 0 Å². The van der Waals surface area contributed by atoms with Gasteiger partial charge in [0.15, 0.2) is 0 Å². The van der Waals surface area contributed by atoms with Gasteiger partial charge in [-0.2, -0.15) is 0 Å². The smallest absolute Gasteiger partial charge is 0.147 e. The third kappa shape index (κ3) is 7.19. The molecule has 2 aromatic rings. The van der Waals surface area contributed by atoms with E-state index >= 15 is 0 Å². The number of aliphatic hydroxyl groups excluding tert-OH is 1. The van der Waals surface area contributed by atoms with E-state index in [1.165, 1.54) is 16.7 Å². The molecule has 2 unspecified atom stereocenters. The second-order valence-corrected chi connectivity index (χ2v) is 11.3. The third-order valence-electron chi connectivity index (χ3n) is 5.32. The van der Waals surface area contributed by atoms with E-state index in [1.807, 2.05) is 18.2 Å². The molecular weight excluding hydrogens is 468 g/mol. The standard InChI is InChI=1S/C23H32AsNO2.2ClH/c1-4-16-10-11-22-18(12-16)19(14-23(2,3)27-22)24-15-21(26)20(25)13-17-8-6-5-7-9-17;;/h5-12,19-21,24,26H,4,13-15,25H2,1-3H3;2*1H/t19?,20-,21-;;/m0../s1. The molecule has 0 saturated carbocycles. The zero-order chi connectivity index (χ0) is 19.4. The van der Waals surface area contributed by atoms with E-state index in [9.17, 15) is 5.11 Å². The predicted octanol–water partition coefficient (Wildman–Crippen LogP) is 4.48. The molecule has 0 amide bonds. The van der Waals surface area contributed by atoms with Crippen LogP contribution in [0.5, 0.6) is 5.75 Å². The van der Waals surface area contributed by atoms with E-state index in [0.717, 1.165) is 30.2 Å². The van der Waals surface area contributed by atoms with Crippen LogP contribution in [0.3, 0.4) is 0 Å². The van der Waals surface area contributed by atoms with Gasteiger partial charge in [0, 0.05) is 0 Å². The molecule has 1 aliphatic rings. The van der Waals surface area contributed by atoms with Crippen LogP contribution in [-0.4, -0.2) is 38.6 Å². The van der Waals surface area contributed by atoms with Gasteiger partial charge in [-0.25, -0.2) is 0 Å². The number of hydrogen-bond acceptors (Lipinski definition) is 3. The van der Waals surface area contributed by atoms with Gasteiger partial charge >= 0.3 is 170 Å². The first-order valence-corrected chi connectivity index (χ1v) is 12.6. The maximum absolute atomic E-state index is 10.7. The summed E-state index contributed by atoms with van der Waals surface area (Å²) in [4.78, 5) is 0. The van der Waals surface area contributed by atoms with Crippen molar-refractivity contribution in [2.24, 2.45) is 5.73 Å². The zero-order valence-corrected chi connectivity index (χ0v) is 21.2. The zero-order valence-electron chi connectivity index (χ0n) is 17.4. The fraction of sp³-hybridized carbons (Fsp3) is 0.478. The van der Waals surface area contributed by atoms with Gasteiger partial charge in [0.25, 0.3) is 0 Å². The number of ether oxygens (including phenoxy) is 1. The van der Waals surface area contributed by atoms with Crippen molar-refractivity contribution in [2.45, 2.75) is 67.7 Å². The van der Waals surface area contributed by atoms with Crippen molar-refractivity contribution in [3.63, 3.8) is 0 Å². The van der Waals surface area contributed by atoms with E-state index < -0.39 is 6.10 Å². The molecule has 162 valence electrons. The predicted molar refractivity (Wildman–Crippen MR) is 128 cm³/mol. The number of halogens is 2. The number of fused-ring (bicyclic) bond motifs is 1. The minimum atomic E-state index is -0.436. The van der Waals surface area contributed by atoms with Gasteiger partial charge in [0.1, 0.15) is 0 Å². The molecular formula is C23H34AsCl2NO2. The first-order valence-electron chi connectivity index (χ1n) is 9.91. The number of aryl methyl sites for hydroxylation is 1. The molecule has 0 bridgehead atoms. The van der Waals surface area contributed by atoms with E-state index in [2.05, 4.69) is 51.1 Å². The van der Waals surface area contributed by atoms with Crippen LogP contribution in [0.1, 0.15) is 48.6 Å². The van der Waals surface area contributed by atoms with Crippen molar-refractivity contribution < 1.29 is 9.84 Å². The molecule has 4 atom stereocenters. The topological polar surface area (TPSA) is 55.5 Å². The van der Waals surface area contributed by atoms with Crippen LogP contribution >= 0.6 is 24.8 Å². The third-order valence-corrected chi connectivity index (χ3v) is 8.81. The van der Waals surface area contributed by atoms with Crippen LogP contribution in [0.4, 0.5) is 0 Å². The normalized spacial score (nSPS) is 19.4. The van der Waals surface area contributed by atoms with Gasteiger partial charge in [-0.05, 0) is 0 Å². The Morgan fingerprint density at radius 2 is 1.83 bits per heavy atom. The Labute approximate surface area is 194 Å². The average Bonchev–Trinajstić information content (AvgIpc) is 2.65. The van der Waals surface area contributed by atoms with Gasteiger partial charge in [-0.15, -0.1) is 24.8 Å². The number of hydrogen-bond donors (Lipinski definition) is 2. The molecule has 2 aromatic carbocycles. The Morgan fingerprint density at radius 1 is 1.14 bits per heavy atom. The van der Waals surface area contributed by atoms with E-state index in [4.69, 9.17) is 10.5 Å². The number of nitrogens with two attached hydrogens (primary N) is 1. The van der Waals surface area contributed by atoms with Gasteiger partial charge < -0.3 is 0 Å². The molecule has 0 saturated heterocycles. The van der Waals surface area contributed by atoms with Crippen LogP contribution in [-0.2, 0) is 12.8 Å². The molecule has 0 spiro atoms. The summed E-state index contributed by atoms with van der Waals surface area (Å²) in [5.41, 5.74) is 10.0. The van der Waals surface area contributed by atoms with Gasteiger partial charge in [0.2, 0.25) is 0 Å². The van der Waals surface area contributed by atoms with Crippen LogP contribution in [0.25, 0.3) is 0 Å². The molecule has 6 heteroatoms. The largest absolute Gasteiger partial charge is 0.147 e. The molecule has 0 aliphatic carbocycles. The van der Waals surface area contributed by atoms with Crippen molar-refractivity contribution in [2.75, 3.05) is 0 Å². The summed E-state index contributed by atoms with van der Waals surface area (Å²) < 4.78 is 6.74. The van der Waals surface area contributed by atoms with Crippen LogP contribution in [0.2, 0.25) is 5.21 Å². The molecule has 0 radical (unpaired) electrons. The SMILES string of the molecule is CCc1ccc2c(c1)C([AsH]C[C@H](O)[C@@H](N)Cc1ccccc1)CC(C)(C)O2.Cl.Cl. The summed E-state index contributed by atoms with van der Waals surface area (Å²) in [6.07, 6.45) is 2.35. The maximum Gasteiger partial charge on any atom is -0.147 e. The summed E-state index contributed by atoms with van der Waals surface area (Å²) in [5.74, 6) is 1.03. The maximum atomic E-state index is 10.7. The Balaban J connectivity index is 0.00000210. The van der Waals surface area contributed by atoms with Crippen molar-refractivity contribution in [3.05, 3.63) is 65.2 Å². The number of aliphatic hydroxyl groups is 1. The van der Waals surface area contributed by atoms with E-state index in [-0.39, 0.29) is 52.2 Å². The Kier molecular flexibility index (Phi) is 10.6. The summed E-state index contributed by atoms with van der Waals surface area (Å²) in [6, 6.07) is 16.6. The number of benzene rings is 2. The fourth-order valence-electron chi connectivity index (χ4n) is 3.74. The van der Waals surface area contributed by atoms with Crippen LogP contribution < -0.4 is 10.5 Å². The first-order chi connectivity index (χ1) is 12.9. The summed E-state index contributed by atoms with van der Waals surface area (Å²) in [5, 5.41) is 11.5. The first kappa shape index (κ1) is 26.3.